The van der Waals surface area contributed by atoms with Gasteiger partial charge in [0.05, 0.1) is 5.69 Å². The minimum absolute atomic E-state index is 0.267. The molecule has 0 saturated heterocycles. The first-order valence-corrected chi connectivity index (χ1v) is 7.42. The molecule has 0 aliphatic rings. The van der Waals surface area contributed by atoms with Gasteiger partial charge in [0.25, 0.3) is 11.9 Å². The third-order valence-electron chi connectivity index (χ3n) is 3.18. The summed E-state index contributed by atoms with van der Waals surface area (Å²) < 4.78 is 14.5. The van der Waals surface area contributed by atoms with Crippen molar-refractivity contribution in [3.05, 3.63) is 52.3 Å². The fraction of sp³-hybridized carbons (Fsp3) is 0.133. The van der Waals surface area contributed by atoms with Gasteiger partial charge >= 0.3 is 0 Å². The van der Waals surface area contributed by atoms with E-state index in [2.05, 4.69) is 15.4 Å². The number of nitrogens with zero attached hydrogens (tertiary/aromatic N) is 3. The molecule has 2 heterocycles. The second kappa shape index (κ2) is 5.69. The van der Waals surface area contributed by atoms with Crippen molar-refractivity contribution in [3.63, 3.8) is 0 Å². The van der Waals surface area contributed by atoms with Gasteiger partial charge in [0.15, 0.2) is 0 Å². The average Bonchev–Trinajstić information content (AvgIpc) is 2.98. The van der Waals surface area contributed by atoms with Crippen molar-refractivity contribution in [1.29, 1.82) is 0 Å². The molecule has 3 rings (SSSR count). The molecule has 112 valence electrons. The van der Waals surface area contributed by atoms with Crippen molar-refractivity contribution in [2.75, 3.05) is 5.32 Å². The van der Waals surface area contributed by atoms with Crippen molar-refractivity contribution >= 4 is 34.2 Å². The molecular weight excluding hydrogens is 303 g/mol. The van der Waals surface area contributed by atoms with Crippen LogP contribution in [0.3, 0.4) is 0 Å². The van der Waals surface area contributed by atoms with Gasteiger partial charge in [-0.05, 0) is 37.6 Å². The van der Waals surface area contributed by atoms with Crippen LogP contribution < -0.4 is 5.32 Å². The van der Waals surface area contributed by atoms with Gasteiger partial charge in [-0.15, -0.1) is 5.10 Å². The van der Waals surface area contributed by atoms with Crippen LogP contribution in [0.15, 0.2) is 30.3 Å². The normalized spacial score (nSPS) is 11.4. The van der Waals surface area contributed by atoms with Crippen LogP contribution in [0.25, 0.3) is 11.0 Å². The van der Waals surface area contributed by atoms with Crippen LogP contribution in [0.5, 0.6) is 0 Å². The van der Waals surface area contributed by atoms with Gasteiger partial charge in [0, 0.05) is 11.0 Å². The summed E-state index contributed by atoms with van der Waals surface area (Å²) in [6, 6.07) is 5.87. The number of halogens is 1. The van der Waals surface area contributed by atoms with Crippen LogP contribution in [-0.4, -0.2) is 20.5 Å². The number of carbonyl (C=O) groups excluding carboxylic acids is 1. The summed E-state index contributed by atoms with van der Waals surface area (Å²) in [7, 11) is 0. The summed E-state index contributed by atoms with van der Waals surface area (Å²) in [4.78, 5) is 18.0. The lowest BCUT2D eigenvalue weighted by Gasteiger charge is -1.96. The van der Waals surface area contributed by atoms with Gasteiger partial charge < -0.3 is 0 Å². The molecule has 1 N–H and O–H groups in total. The van der Waals surface area contributed by atoms with Crippen molar-refractivity contribution in [1.82, 2.24) is 14.6 Å². The highest BCUT2D eigenvalue weighted by molar-refractivity contribution is 7.17. The molecule has 1 aromatic carbocycles. The van der Waals surface area contributed by atoms with E-state index in [1.165, 1.54) is 29.5 Å². The number of benzene rings is 1. The lowest BCUT2D eigenvalue weighted by atomic mass is 10.2. The van der Waals surface area contributed by atoms with Gasteiger partial charge in [0.1, 0.15) is 5.82 Å². The average molecular weight is 316 g/mol. The van der Waals surface area contributed by atoms with Crippen LogP contribution in [0, 0.1) is 19.7 Å². The van der Waals surface area contributed by atoms with Gasteiger partial charge in [-0.3, -0.25) is 10.1 Å². The fourth-order valence-corrected chi connectivity index (χ4v) is 2.80. The van der Waals surface area contributed by atoms with E-state index in [0.717, 1.165) is 21.1 Å². The first-order valence-electron chi connectivity index (χ1n) is 6.60. The van der Waals surface area contributed by atoms with Crippen LogP contribution in [0.1, 0.15) is 16.1 Å². The number of hydrogen-bond donors (Lipinski definition) is 1. The first kappa shape index (κ1) is 14.4. The smallest absolute Gasteiger partial charge is 0.250 e. The maximum atomic E-state index is 12.8. The predicted molar refractivity (Wildman–Crippen MR) is 84.4 cm³/mol. The molecule has 1 amide bonds. The van der Waals surface area contributed by atoms with E-state index in [-0.39, 0.29) is 17.7 Å². The summed E-state index contributed by atoms with van der Waals surface area (Å²) in [5.74, 6) is -0.380. The first-order chi connectivity index (χ1) is 10.5. The quantitative estimate of drug-likeness (QED) is 0.755. The second-order valence-corrected chi connectivity index (χ2v) is 5.93. The SMILES string of the molecule is Cc1sc2nc(NC(=O)/C=C/c3ccc(F)cc3)nn2c1C. The number of nitrogens with one attached hydrogen (secondary N) is 1. The largest absolute Gasteiger partial charge is 0.290 e. The van der Waals surface area contributed by atoms with E-state index in [1.807, 2.05) is 13.8 Å². The third kappa shape index (κ3) is 2.89. The number of hydrogen-bond acceptors (Lipinski definition) is 4. The Morgan fingerprint density at radius 3 is 2.73 bits per heavy atom. The molecule has 0 aliphatic heterocycles. The number of carbonyl (C=O) groups is 1. The molecule has 0 aliphatic carbocycles. The summed E-state index contributed by atoms with van der Waals surface area (Å²) in [6.45, 7) is 3.95. The van der Waals surface area contributed by atoms with E-state index in [9.17, 15) is 9.18 Å². The summed E-state index contributed by atoms with van der Waals surface area (Å²) in [5, 5.41) is 6.85. The van der Waals surface area contributed by atoms with E-state index in [4.69, 9.17) is 0 Å². The molecular formula is C15H13FN4OS. The number of thiazole rings is 1. The minimum atomic E-state index is -0.336. The number of fused-ring (bicyclic) bond motifs is 1. The summed E-state index contributed by atoms with van der Waals surface area (Å²) in [6.07, 6.45) is 2.96. The Kier molecular flexibility index (Phi) is 3.72. The Morgan fingerprint density at radius 1 is 1.32 bits per heavy atom. The van der Waals surface area contributed by atoms with E-state index >= 15 is 0 Å². The van der Waals surface area contributed by atoms with E-state index < -0.39 is 0 Å². The van der Waals surface area contributed by atoms with Crippen LogP contribution >= 0.6 is 11.3 Å². The number of aromatic nitrogens is 3. The number of aryl methyl sites for hydroxylation is 2. The van der Waals surface area contributed by atoms with Crippen LogP contribution in [-0.2, 0) is 4.79 Å². The highest BCUT2D eigenvalue weighted by Crippen LogP contribution is 2.21. The summed E-state index contributed by atoms with van der Waals surface area (Å²) >= 11 is 1.52. The molecule has 7 heteroatoms. The molecule has 2 aromatic heterocycles. The molecule has 3 aromatic rings. The number of rotatable bonds is 3. The highest BCUT2D eigenvalue weighted by atomic mass is 32.1. The topological polar surface area (TPSA) is 59.3 Å². The lowest BCUT2D eigenvalue weighted by Crippen LogP contribution is -2.09. The van der Waals surface area contributed by atoms with Gasteiger partial charge in [-0.2, -0.15) is 4.98 Å². The Labute approximate surface area is 130 Å². The Balaban J connectivity index is 1.71. The number of amides is 1. The Morgan fingerprint density at radius 2 is 2.05 bits per heavy atom. The second-order valence-electron chi connectivity index (χ2n) is 4.75. The van der Waals surface area contributed by atoms with Crippen LogP contribution in [0.4, 0.5) is 10.3 Å². The Hall–Kier alpha value is -2.54. The summed E-state index contributed by atoms with van der Waals surface area (Å²) in [5.41, 5.74) is 1.75. The van der Waals surface area contributed by atoms with E-state index in [0.29, 0.717) is 0 Å². The molecule has 5 nitrogen and oxygen atoms in total. The van der Waals surface area contributed by atoms with Gasteiger partial charge in [0.2, 0.25) is 4.96 Å². The third-order valence-corrected chi connectivity index (χ3v) is 4.23. The molecule has 0 saturated carbocycles. The monoisotopic (exact) mass is 316 g/mol. The maximum Gasteiger partial charge on any atom is 0.250 e. The standard InChI is InChI=1S/C15H13FN4OS/c1-9-10(2)22-15-18-14(19-20(9)15)17-13(21)8-5-11-3-6-12(16)7-4-11/h3-8H,1-2H3,(H,17,19,21)/b8-5+. The fourth-order valence-electron chi connectivity index (χ4n) is 1.89. The minimum Gasteiger partial charge on any atom is -0.290 e. The van der Waals surface area contributed by atoms with Gasteiger partial charge in [-0.1, -0.05) is 23.5 Å². The molecule has 0 radical (unpaired) electrons. The van der Waals surface area contributed by atoms with Crippen LogP contribution in [0.2, 0.25) is 0 Å². The van der Waals surface area contributed by atoms with E-state index in [1.54, 1.807) is 22.7 Å². The van der Waals surface area contributed by atoms with Crippen molar-refractivity contribution in [2.24, 2.45) is 0 Å². The molecule has 0 spiro atoms. The Bertz CT molecular complexity index is 864. The van der Waals surface area contributed by atoms with Crippen molar-refractivity contribution in [3.8, 4) is 0 Å². The zero-order chi connectivity index (χ0) is 15.7. The lowest BCUT2D eigenvalue weighted by molar-refractivity contribution is -0.111. The predicted octanol–water partition coefficient (Wildman–Crippen LogP) is 3.20. The molecule has 0 atom stereocenters. The zero-order valence-corrected chi connectivity index (χ0v) is 12.8. The maximum absolute atomic E-state index is 12.8. The highest BCUT2D eigenvalue weighted by Gasteiger charge is 2.11. The van der Waals surface area contributed by atoms with Crippen molar-refractivity contribution < 1.29 is 9.18 Å². The zero-order valence-electron chi connectivity index (χ0n) is 12.0. The molecule has 0 fully saturated rings. The molecule has 22 heavy (non-hydrogen) atoms. The molecule has 0 unspecified atom stereocenters. The van der Waals surface area contributed by atoms with Gasteiger partial charge in [-0.25, -0.2) is 8.91 Å². The number of anilines is 1. The molecule has 0 bridgehead atoms. The van der Waals surface area contributed by atoms with Crippen molar-refractivity contribution in [2.45, 2.75) is 13.8 Å².